The summed E-state index contributed by atoms with van der Waals surface area (Å²) in [4.78, 5) is 11.3. The lowest BCUT2D eigenvalue weighted by molar-refractivity contribution is -0.249. The smallest absolute Gasteiger partial charge is 0.228 e. The van der Waals surface area contributed by atoms with Crippen LogP contribution in [0.15, 0.2) is 22.7 Å². The molecular weight excluding hydrogens is 350 g/mol. The minimum atomic E-state index is -1.70. The molecule has 134 valence electrons. The van der Waals surface area contributed by atoms with Crippen molar-refractivity contribution in [2.24, 2.45) is 5.11 Å². The maximum Gasteiger partial charge on any atom is 0.228 e. The molecule has 3 rings (SSSR count). The number of methoxy groups -OCH3 is 1. The first kappa shape index (κ1) is 17.9. The third-order valence-corrected chi connectivity index (χ3v) is 5.11. The first-order chi connectivity index (χ1) is 12.0. The van der Waals surface area contributed by atoms with Crippen molar-refractivity contribution < 1.29 is 19.7 Å². The fraction of sp³-hybridized carbons (Fsp3) is 0.615. The molecule has 25 heavy (non-hydrogen) atoms. The Morgan fingerprint density at radius 2 is 2.32 bits per heavy atom. The Morgan fingerprint density at radius 3 is 2.92 bits per heavy atom. The van der Waals surface area contributed by atoms with Crippen LogP contribution in [0.25, 0.3) is 16.1 Å². The van der Waals surface area contributed by atoms with Gasteiger partial charge in [0.1, 0.15) is 28.7 Å². The molecule has 4 atom stereocenters. The Hall–Kier alpha value is -1.95. The van der Waals surface area contributed by atoms with Crippen LogP contribution in [0.5, 0.6) is 0 Å². The lowest BCUT2D eigenvalue weighted by atomic mass is 9.85. The summed E-state index contributed by atoms with van der Waals surface area (Å²) in [7, 11) is 1.35. The summed E-state index contributed by atoms with van der Waals surface area (Å²) in [6, 6.07) is 0. The van der Waals surface area contributed by atoms with E-state index >= 15 is 0 Å². The van der Waals surface area contributed by atoms with Crippen molar-refractivity contribution in [1.82, 2.24) is 19.6 Å². The fourth-order valence-corrected chi connectivity index (χ4v) is 3.63. The van der Waals surface area contributed by atoms with Crippen molar-refractivity contribution in [1.29, 1.82) is 0 Å². The largest absolute Gasteiger partial charge is 0.394 e. The van der Waals surface area contributed by atoms with Gasteiger partial charge in [-0.15, -0.1) is 11.8 Å². The van der Waals surface area contributed by atoms with E-state index < -0.39 is 30.1 Å². The Kier molecular flexibility index (Phi) is 4.58. The van der Waals surface area contributed by atoms with Crippen molar-refractivity contribution >= 4 is 17.4 Å². The summed E-state index contributed by atoms with van der Waals surface area (Å²) in [5, 5.41) is 28.7. The number of aliphatic hydroxyl groups is 2. The van der Waals surface area contributed by atoms with Gasteiger partial charge >= 0.3 is 0 Å². The summed E-state index contributed by atoms with van der Waals surface area (Å²) in [5.41, 5.74) is 8.23. The average Bonchev–Trinajstić information content (AvgIpc) is 3.15. The number of ether oxygens (including phenoxy) is 2. The van der Waals surface area contributed by atoms with Gasteiger partial charge in [-0.1, -0.05) is 5.11 Å². The molecule has 1 fully saturated rings. The zero-order valence-electron chi connectivity index (χ0n) is 13.8. The highest BCUT2D eigenvalue weighted by atomic mass is 32.2. The quantitative estimate of drug-likeness (QED) is 0.335. The Balaban J connectivity index is 2.29. The van der Waals surface area contributed by atoms with Gasteiger partial charge in [-0.05, 0) is 18.7 Å². The Bertz CT molecular complexity index is 841. The van der Waals surface area contributed by atoms with Gasteiger partial charge < -0.3 is 19.7 Å². The second kappa shape index (κ2) is 6.41. The van der Waals surface area contributed by atoms with E-state index in [2.05, 4.69) is 25.1 Å². The number of hydrogen-bond donors (Lipinski definition) is 2. The van der Waals surface area contributed by atoms with Gasteiger partial charge in [-0.2, -0.15) is 5.10 Å². The summed E-state index contributed by atoms with van der Waals surface area (Å²) in [5.74, 6) is -1.70. The molecule has 11 nitrogen and oxygen atoms in total. The summed E-state index contributed by atoms with van der Waals surface area (Å²) < 4.78 is 12.9. The van der Waals surface area contributed by atoms with Crippen molar-refractivity contribution in [2.45, 2.75) is 35.5 Å². The lowest BCUT2D eigenvalue weighted by Crippen LogP contribution is -2.52. The van der Waals surface area contributed by atoms with Gasteiger partial charge in [0.15, 0.2) is 5.65 Å². The van der Waals surface area contributed by atoms with Crippen LogP contribution in [0.1, 0.15) is 12.6 Å². The third kappa shape index (κ3) is 2.30. The SMILES string of the molecule is COC1(c2cnc3c(SC)ncnn23)O[C@H](CO)[C@@H](O)[C@@]1(C)N=[N+]=[N-]. The Labute approximate surface area is 146 Å². The van der Waals surface area contributed by atoms with E-state index in [1.54, 1.807) is 0 Å². The monoisotopic (exact) mass is 367 g/mol. The van der Waals surface area contributed by atoms with Crippen LogP contribution >= 0.6 is 11.8 Å². The number of imidazole rings is 1. The topological polar surface area (TPSA) is 151 Å². The molecule has 3 heterocycles. The fourth-order valence-electron chi connectivity index (χ4n) is 3.15. The summed E-state index contributed by atoms with van der Waals surface area (Å²) in [6.07, 6.45) is 2.35. The predicted octanol–water partition coefficient (Wildman–Crippen LogP) is 0.466. The van der Waals surface area contributed by atoms with E-state index in [1.807, 2.05) is 6.26 Å². The van der Waals surface area contributed by atoms with E-state index in [0.29, 0.717) is 16.4 Å². The van der Waals surface area contributed by atoms with Crippen LogP contribution in [0.2, 0.25) is 0 Å². The number of aliphatic hydroxyl groups excluding tert-OH is 2. The number of hydrogen-bond acceptors (Lipinski definition) is 9. The number of fused-ring (bicyclic) bond motifs is 1. The third-order valence-electron chi connectivity index (χ3n) is 4.43. The molecule has 2 aromatic heterocycles. The molecule has 0 saturated carbocycles. The molecule has 2 N–H and O–H groups in total. The normalized spacial score (nSPS) is 32.0. The van der Waals surface area contributed by atoms with Gasteiger partial charge in [-0.3, -0.25) is 0 Å². The zero-order valence-corrected chi connectivity index (χ0v) is 14.6. The van der Waals surface area contributed by atoms with Crippen molar-refractivity contribution in [2.75, 3.05) is 20.0 Å². The van der Waals surface area contributed by atoms with Crippen molar-refractivity contribution in [3.05, 3.63) is 28.7 Å². The van der Waals surface area contributed by atoms with E-state index in [0.717, 1.165) is 0 Å². The van der Waals surface area contributed by atoms with Crippen LogP contribution in [0.4, 0.5) is 0 Å². The Morgan fingerprint density at radius 1 is 1.56 bits per heavy atom. The minimum Gasteiger partial charge on any atom is -0.394 e. The minimum absolute atomic E-state index is 0.313. The molecule has 0 radical (unpaired) electrons. The molecular formula is C13H17N7O4S. The summed E-state index contributed by atoms with van der Waals surface area (Å²) in [6.45, 7) is 1.01. The summed E-state index contributed by atoms with van der Waals surface area (Å²) >= 11 is 1.39. The molecule has 12 heteroatoms. The molecule has 0 aromatic carbocycles. The van der Waals surface area contributed by atoms with Gasteiger partial charge in [-0.25, -0.2) is 14.5 Å². The number of nitrogens with zero attached hydrogens (tertiary/aromatic N) is 7. The van der Waals surface area contributed by atoms with E-state index in [9.17, 15) is 10.2 Å². The average molecular weight is 367 g/mol. The maximum absolute atomic E-state index is 10.6. The highest BCUT2D eigenvalue weighted by Crippen LogP contribution is 2.50. The molecule has 1 unspecified atom stereocenters. The highest BCUT2D eigenvalue weighted by molar-refractivity contribution is 7.98. The lowest BCUT2D eigenvalue weighted by Gasteiger charge is -2.37. The highest BCUT2D eigenvalue weighted by Gasteiger charge is 2.66. The van der Waals surface area contributed by atoms with Crippen molar-refractivity contribution in [3.8, 4) is 0 Å². The second-order valence-electron chi connectivity index (χ2n) is 5.59. The predicted molar refractivity (Wildman–Crippen MR) is 86.8 cm³/mol. The zero-order chi connectivity index (χ0) is 18.2. The van der Waals surface area contributed by atoms with Gasteiger partial charge in [0.2, 0.25) is 5.79 Å². The van der Waals surface area contributed by atoms with Crippen LogP contribution < -0.4 is 0 Å². The molecule has 2 aromatic rings. The van der Waals surface area contributed by atoms with Crippen LogP contribution in [0.3, 0.4) is 0 Å². The number of azide groups is 1. The molecule has 1 saturated heterocycles. The molecule has 0 spiro atoms. The van der Waals surface area contributed by atoms with E-state index in [-0.39, 0.29) is 0 Å². The number of aromatic nitrogens is 4. The molecule has 1 aliphatic rings. The number of thioether (sulfide) groups is 1. The molecule has 1 aliphatic heterocycles. The van der Waals surface area contributed by atoms with Gasteiger partial charge in [0.05, 0.1) is 18.9 Å². The van der Waals surface area contributed by atoms with Crippen molar-refractivity contribution in [3.63, 3.8) is 0 Å². The van der Waals surface area contributed by atoms with Crippen LogP contribution in [-0.4, -0.2) is 67.5 Å². The standard InChI is InChI=1S/C13H17N7O4S/c1-12(18-19-14)9(22)7(5-21)24-13(12,23-2)8-4-15-10-11(25-3)16-6-17-20(8)10/h4,6-7,9,21-22H,5H2,1-3H3/t7-,9-,12-,13?/m1/s1. The van der Waals surface area contributed by atoms with Gasteiger partial charge in [0, 0.05) is 12.0 Å². The number of rotatable bonds is 5. The first-order valence-corrected chi connectivity index (χ1v) is 8.53. The molecule has 0 aliphatic carbocycles. The van der Waals surface area contributed by atoms with Gasteiger partial charge in [0.25, 0.3) is 0 Å². The second-order valence-corrected chi connectivity index (χ2v) is 6.38. The molecule has 0 amide bonds. The first-order valence-electron chi connectivity index (χ1n) is 7.30. The van der Waals surface area contributed by atoms with E-state index in [4.69, 9.17) is 15.0 Å². The molecule has 0 bridgehead atoms. The van der Waals surface area contributed by atoms with E-state index in [1.165, 1.54) is 42.8 Å². The van der Waals surface area contributed by atoms with Crippen LogP contribution in [0, 0.1) is 0 Å². The maximum atomic E-state index is 10.6. The van der Waals surface area contributed by atoms with Crippen LogP contribution in [-0.2, 0) is 15.3 Å².